The van der Waals surface area contributed by atoms with Crippen LogP contribution in [0.4, 0.5) is 18.3 Å². The van der Waals surface area contributed by atoms with E-state index in [4.69, 9.17) is 23.2 Å². The number of anilines is 1. The summed E-state index contributed by atoms with van der Waals surface area (Å²) < 4.78 is 38.0. The SMILES string of the molecule is O=C(c1ccc(Cl)cc1Cl)N1CCN(c2ncc(C(F)(F)F)s2)CC1. The molecule has 2 aromatic rings. The molecule has 0 spiro atoms. The number of hydrogen-bond acceptors (Lipinski definition) is 4. The summed E-state index contributed by atoms with van der Waals surface area (Å²) in [6.45, 7) is 1.56. The molecule has 2 heterocycles. The largest absolute Gasteiger partial charge is 0.427 e. The average Bonchev–Trinajstić information content (AvgIpc) is 3.05. The maximum Gasteiger partial charge on any atom is 0.427 e. The summed E-state index contributed by atoms with van der Waals surface area (Å²) in [7, 11) is 0. The van der Waals surface area contributed by atoms with Crippen molar-refractivity contribution < 1.29 is 18.0 Å². The van der Waals surface area contributed by atoms with Crippen molar-refractivity contribution in [2.75, 3.05) is 31.1 Å². The third-order valence-electron chi connectivity index (χ3n) is 3.77. The molecule has 0 saturated carbocycles. The lowest BCUT2D eigenvalue weighted by atomic mass is 10.2. The van der Waals surface area contributed by atoms with Gasteiger partial charge >= 0.3 is 6.18 Å². The minimum Gasteiger partial charge on any atom is -0.345 e. The van der Waals surface area contributed by atoms with E-state index in [2.05, 4.69) is 4.98 Å². The second-order valence-electron chi connectivity index (χ2n) is 5.41. The molecule has 0 atom stereocenters. The molecule has 1 fully saturated rings. The van der Waals surface area contributed by atoms with Gasteiger partial charge in [-0.1, -0.05) is 34.5 Å². The molecule has 0 N–H and O–H groups in total. The first-order valence-corrected chi connectivity index (χ1v) is 8.85. The summed E-state index contributed by atoms with van der Waals surface area (Å²) in [6, 6.07) is 4.65. The summed E-state index contributed by atoms with van der Waals surface area (Å²) in [6.07, 6.45) is -3.55. The van der Waals surface area contributed by atoms with Gasteiger partial charge < -0.3 is 9.80 Å². The van der Waals surface area contributed by atoms with Gasteiger partial charge in [-0.3, -0.25) is 4.79 Å². The van der Waals surface area contributed by atoms with E-state index in [0.717, 1.165) is 6.20 Å². The summed E-state index contributed by atoms with van der Waals surface area (Å²) >= 11 is 12.5. The fourth-order valence-corrected chi connectivity index (χ4v) is 3.80. The van der Waals surface area contributed by atoms with Crippen molar-refractivity contribution in [1.82, 2.24) is 9.88 Å². The van der Waals surface area contributed by atoms with Crippen molar-refractivity contribution in [2.24, 2.45) is 0 Å². The number of thiazole rings is 1. The highest BCUT2D eigenvalue weighted by atomic mass is 35.5. The molecule has 1 amide bonds. The zero-order valence-corrected chi connectivity index (χ0v) is 15.0. The first-order chi connectivity index (χ1) is 11.8. The van der Waals surface area contributed by atoms with Gasteiger partial charge in [0.2, 0.25) is 0 Å². The van der Waals surface area contributed by atoms with E-state index in [1.165, 1.54) is 6.07 Å². The monoisotopic (exact) mass is 409 g/mol. The Morgan fingerprint density at radius 2 is 1.84 bits per heavy atom. The number of amides is 1. The van der Waals surface area contributed by atoms with E-state index < -0.39 is 11.1 Å². The Balaban J connectivity index is 1.65. The molecule has 1 aliphatic heterocycles. The zero-order valence-electron chi connectivity index (χ0n) is 12.7. The van der Waals surface area contributed by atoms with Crippen molar-refractivity contribution in [3.8, 4) is 0 Å². The highest BCUT2D eigenvalue weighted by Crippen LogP contribution is 2.36. The Kier molecular flexibility index (Phi) is 5.13. The van der Waals surface area contributed by atoms with Crippen LogP contribution < -0.4 is 4.90 Å². The standard InChI is InChI=1S/C15H12Cl2F3N3OS/c16-9-1-2-10(11(17)7-9)13(24)22-3-5-23(6-4-22)14-21-8-12(25-14)15(18,19)20/h1-2,7-8H,3-6H2. The van der Waals surface area contributed by atoms with Crippen LogP contribution in [0.25, 0.3) is 0 Å². The second-order valence-corrected chi connectivity index (χ2v) is 7.26. The molecular formula is C15H12Cl2F3N3OS. The molecule has 134 valence electrons. The fraction of sp³-hybridized carbons (Fsp3) is 0.333. The van der Waals surface area contributed by atoms with Gasteiger partial charge in [0.25, 0.3) is 5.91 Å². The first-order valence-electron chi connectivity index (χ1n) is 7.28. The van der Waals surface area contributed by atoms with Crippen molar-refractivity contribution in [3.63, 3.8) is 0 Å². The average molecular weight is 410 g/mol. The van der Waals surface area contributed by atoms with Gasteiger partial charge in [0, 0.05) is 31.2 Å². The van der Waals surface area contributed by atoms with Crippen molar-refractivity contribution >= 4 is 45.6 Å². The predicted molar refractivity (Wildman–Crippen MR) is 91.7 cm³/mol. The summed E-state index contributed by atoms with van der Waals surface area (Å²) in [4.78, 5) is 19.0. The molecule has 10 heteroatoms. The maximum atomic E-state index is 12.7. The van der Waals surface area contributed by atoms with E-state index >= 15 is 0 Å². The van der Waals surface area contributed by atoms with Gasteiger partial charge in [-0.2, -0.15) is 13.2 Å². The Morgan fingerprint density at radius 1 is 1.16 bits per heavy atom. The topological polar surface area (TPSA) is 36.4 Å². The van der Waals surface area contributed by atoms with E-state index in [9.17, 15) is 18.0 Å². The van der Waals surface area contributed by atoms with Crippen molar-refractivity contribution in [3.05, 3.63) is 44.9 Å². The number of aromatic nitrogens is 1. The quantitative estimate of drug-likeness (QED) is 0.735. The number of rotatable bonds is 2. The smallest absolute Gasteiger partial charge is 0.345 e. The molecule has 1 saturated heterocycles. The van der Waals surface area contributed by atoms with Gasteiger partial charge in [-0.25, -0.2) is 4.98 Å². The van der Waals surface area contributed by atoms with Crippen LogP contribution in [0, 0.1) is 0 Å². The first kappa shape index (κ1) is 18.3. The lowest BCUT2D eigenvalue weighted by Gasteiger charge is -2.34. The van der Waals surface area contributed by atoms with E-state index in [1.807, 2.05) is 0 Å². The highest BCUT2D eigenvalue weighted by molar-refractivity contribution is 7.15. The van der Waals surface area contributed by atoms with E-state index in [-0.39, 0.29) is 10.9 Å². The molecule has 0 unspecified atom stereocenters. The number of halogens is 5. The molecule has 1 aromatic heterocycles. The third-order valence-corrected chi connectivity index (χ3v) is 5.42. The van der Waals surface area contributed by atoms with Gasteiger partial charge in [-0.05, 0) is 18.2 Å². The second kappa shape index (κ2) is 7.01. The number of alkyl halides is 3. The number of carbonyl (C=O) groups excluding carboxylic acids is 1. The normalized spacial score (nSPS) is 15.6. The van der Waals surface area contributed by atoms with Gasteiger partial charge in [0.1, 0.15) is 4.88 Å². The number of nitrogens with zero attached hydrogens (tertiary/aromatic N) is 3. The Labute approximate surface area is 155 Å². The summed E-state index contributed by atoms with van der Waals surface area (Å²) in [5.74, 6) is -0.226. The molecule has 1 aliphatic rings. The fourth-order valence-electron chi connectivity index (χ4n) is 2.48. The van der Waals surface area contributed by atoms with Gasteiger partial charge in [0.05, 0.1) is 16.8 Å². The van der Waals surface area contributed by atoms with Crippen molar-refractivity contribution in [1.29, 1.82) is 0 Å². The van der Waals surface area contributed by atoms with E-state index in [1.54, 1.807) is 21.9 Å². The van der Waals surface area contributed by atoms with Gasteiger partial charge in [0.15, 0.2) is 5.13 Å². The molecule has 4 nitrogen and oxygen atoms in total. The third kappa shape index (κ3) is 4.02. The molecule has 3 rings (SSSR count). The number of piperazine rings is 1. The number of benzene rings is 1. The Hall–Kier alpha value is -1.51. The Bertz CT molecular complexity index is 789. The zero-order chi connectivity index (χ0) is 18.2. The van der Waals surface area contributed by atoms with E-state index in [0.29, 0.717) is 53.2 Å². The lowest BCUT2D eigenvalue weighted by Crippen LogP contribution is -2.48. The molecule has 0 radical (unpaired) electrons. The lowest BCUT2D eigenvalue weighted by molar-refractivity contribution is -0.134. The number of hydrogen-bond donors (Lipinski definition) is 0. The molecular weight excluding hydrogens is 398 g/mol. The van der Waals surface area contributed by atoms with Crippen LogP contribution in [-0.2, 0) is 6.18 Å². The van der Waals surface area contributed by atoms with Crippen LogP contribution in [0.2, 0.25) is 10.0 Å². The molecule has 0 aliphatic carbocycles. The van der Waals surface area contributed by atoms with Crippen LogP contribution in [0.15, 0.2) is 24.4 Å². The van der Waals surface area contributed by atoms with Crippen LogP contribution in [0.3, 0.4) is 0 Å². The minimum absolute atomic E-state index is 0.226. The van der Waals surface area contributed by atoms with Crippen LogP contribution in [0.1, 0.15) is 15.2 Å². The predicted octanol–water partition coefficient (Wildman–Crippen LogP) is 4.43. The molecule has 0 bridgehead atoms. The number of carbonyl (C=O) groups is 1. The van der Waals surface area contributed by atoms with Gasteiger partial charge in [-0.15, -0.1) is 0 Å². The molecule has 1 aromatic carbocycles. The van der Waals surface area contributed by atoms with Crippen LogP contribution in [-0.4, -0.2) is 42.0 Å². The van der Waals surface area contributed by atoms with Crippen molar-refractivity contribution in [2.45, 2.75) is 6.18 Å². The molecule has 25 heavy (non-hydrogen) atoms. The summed E-state index contributed by atoms with van der Waals surface area (Å²) in [5.41, 5.74) is 0.355. The highest BCUT2D eigenvalue weighted by Gasteiger charge is 2.34. The minimum atomic E-state index is -4.39. The van der Waals surface area contributed by atoms with Crippen LogP contribution >= 0.6 is 34.5 Å². The Morgan fingerprint density at radius 3 is 2.40 bits per heavy atom. The van der Waals surface area contributed by atoms with Crippen LogP contribution in [0.5, 0.6) is 0 Å². The summed E-state index contributed by atoms with van der Waals surface area (Å²) in [5, 5.41) is 1.02. The maximum absolute atomic E-state index is 12.7.